The SMILES string of the molecule is CC[C@@H](C(=O)NCc1ccc2c(c1)OCO2)N(c1ccc(C)cc1)S(C)(=O)=O. The van der Waals surface area contributed by atoms with E-state index >= 15 is 0 Å². The molecule has 1 atom stereocenters. The van der Waals surface area contributed by atoms with Gasteiger partial charge in [-0.1, -0.05) is 30.7 Å². The lowest BCUT2D eigenvalue weighted by Crippen LogP contribution is -2.49. The van der Waals surface area contributed by atoms with E-state index in [2.05, 4.69) is 5.32 Å². The van der Waals surface area contributed by atoms with Crippen molar-refractivity contribution in [1.29, 1.82) is 0 Å². The molecule has 0 saturated carbocycles. The fourth-order valence-electron chi connectivity index (χ4n) is 3.11. The van der Waals surface area contributed by atoms with Crippen LogP contribution in [0.3, 0.4) is 0 Å². The highest BCUT2D eigenvalue weighted by Crippen LogP contribution is 2.32. The first kappa shape index (κ1) is 20.0. The van der Waals surface area contributed by atoms with E-state index < -0.39 is 16.1 Å². The fraction of sp³-hybridized carbons (Fsp3) is 0.350. The number of rotatable bonds is 7. The Balaban J connectivity index is 1.77. The number of sulfonamides is 1. The van der Waals surface area contributed by atoms with Gasteiger partial charge in [0.15, 0.2) is 11.5 Å². The van der Waals surface area contributed by atoms with Crippen LogP contribution >= 0.6 is 0 Å². The predicted molar refractivity (Wildman–Crippen MR) is 107 cm³/mol. The van der Waals surface area contributed by atoms with Crippen molar-refractivity contribution in [1.82, 2.24) is 5.32 Å². The highest BCUT2D eigenvalue weighted by Gasteiger charge is 2.31. The highest BCUT2D eigenvalue weighted by molar-refractivity contribution is 7.92. The molecular formula is C20H24N2O5S. The number of carbonyl (C=O) groups excluding carboxylic acids is 1. The van der Waals surface area contributed by atoms with Crippen molar-refractivity contribution in [3.63, 3.8) is 0 Å². The molecule has 0 radical (unpaired) electrons. The van der Waals surface area contributed by atoms with E-state index in [1.807, 2.05) is 25.1 Å². The Hall–Kier alpha value is -2.74. The van der Waals surface area contributed by atoms with E-state index in [0.29, 0.717) is 23.6 Å². The van der Waals surface area contributed by atoms with Crippen molar-refractivity contribution in [2.45, 2.75) is 32.9 Å². The fourth-order valence-corrected chi connectivity index (χ4v) is 4.32. The van der Waals surface area contributed by atoms with Gasteiger partial charge in [0.05, 0.1) is 11.9 Å². The van der Waals surface area contributed by atoms with Crippen LogP contribution in [-0.2, 0) is 21.4 Å². The summed E-state index contributed by atoms with van der Waals surface area (Å²) < 4.78 is 36.7. The molecule has 28 heavy (non-hydrogen) atoms. The van der Waals surface area contributed by atoms with E-state index in [4.69, 9.17) is 9.47 Å². The summed E-state index contributed by atoms with van der Waals surface area (Å²) in [5, 5.41) is 2.83. The van der Waals surface area contributed by atoms with Crippen LogP contribution < -0.4 is 19.1 Å². The number of nitrogens with zero attached hydrogens (tertiary/aromatic N) is 1. The summed E-state index contributed by atoms with van der Waals surface area (Å²) in [6.45, 7) is 4.15. The van der Waals surface area contributed by atoms with Gasteiger partial charge < -0.3 is 14.8 Å². The van der Waals surface area contributed by atoms with Gasteiger partial charge in [-0.15, -0.1) is 0 Å². The van der Waals surface area contributed by atoms with E-state index in [1.165, 1.54) is 4.31 Å². The number of ether oxygens (including phenoxy) is 2. The normalized spacial score (nSPS) is 13.8. The van der Waals surface area contributed by atoms with E-state index in [1.54, 1.807) is 31.2 Å². The minimum Gasteiger partial charge on any atom is -0.454 e. The van der Waals surface area contributed by atoms with Gasteiger partial charge in [0.2, 0.25) is 22.7 Å². The smallest absolute Gasteiger partial charge is 0.244 e. The lowest BCUT2D eigenvalue weighted by Gasteiger charge is -2.30. The van der Waals surface area contributed by atoms with Gasteiger partial charge in [-0.05, 0) is 43.2 Å². The monoisotopic (exact) mass is 404 g/mol. The minimum atomic E-state index is -3.64. The van der Waals surface area contributed by atoms with Crippen LogP contribution in [0, 0.1) is 6.92 Å². The molecule has 2 aromatic carbocycles. The summed E-state index contributed by atoms with van der Waals surface area (Å²) in [6.07, 6.45) is 1.45. The molecule has 2 aromatic rings. The molecule has 0 saturated heterocycles. The number of nitrogens with one attached hydrogen (secondary N) is 1. The zero-order chi connectivity index (χ0) is 20.3. The zero-order valence-corrected chi connectivity index (χ0v) is 17.0. The molecule has 150 valence electrons. The molecule has 1 aliphatic rings. The van der Waals surface area contributed by atoms with Gasteiger partial charge in [0.1, 0.15) is 6.04 Å². The number of benzene rings is 2. The lowest BCUT2D eigenvalue weighted by atomic mass is 10.1. The van der Waals surface area contributed by atoms with Gasteiger partial charge in [0, 0.05) is 6.54 Å². The largest absolute Gasteiger partial charge is 0.454 e. The van der Waals surface area contributed by atoms with E-state index in [-0.39, 0.29) is 19.2 Å². The van der Waals surface area contributed by atoms with Crippen LogP contribution in [0.1, 0.15) is 24.5 Å². The van der Waals surface area contributed by atoms with Crippen molar-refractivity contribution < 1.29 is 22.7 Å². The van der Waals surface area contributed by atoms with Crippen molar-refractivity contribution in [2.75, 3.05) is 17.4 Å². The second-order valence-electron chi connectivity index (χ2n) is 6.72. The molecule has 0 spiro atoms. The molecule has 1 aliphatic heterocycles. The molecule has 0 fully saturated rings. The Labute approximate surface area is 165 Å². The zero-order valence-electron chi connectivity index (χ0n) is 16.1. The third-order valence-electron chi connectivity index (χ3n) is 4.52. The maximum Gasteiger partial charge on any atom is 0.244 e. The van der Waals surface area contributed by atoms with Gasteiger partial charge in [0.25, 0.3) is 0 Å². The number of fused-ring (bicyclic) bond motifs is 1. The molecule has 0 aromatic heterocycles. The number of hydrogen-bond acceptors (Lipinski definition) is 5. The van der Waals surface area contributed by atoms with Crippen LogP contribution in [0.15, 0.2) is 42.5 Å². The second-order valence-corrected chi connectivity index (χ2v) is 8.58. The maximum absolute atomic E-state index is 12.8. The number of aryl methyl sites for hydroxylation is 1. The summed E-state index contributed by atoms with van der Waals surface area (Å²) in [7, 11) is -3.64. The van der Waals surface area contributed by atoms with Crippen LogP contribution in [0.25, 0.3) is 0 Å². The molecule has 7 nitrogen and oxygen atoms in total. The first-order valence-corrected chi connectivity index (χ1v) is 10.9. The Kier molecular flexibility index (Phi) is 5.79. The quantitative estimate of drug-likeness (QED) is 0.767. The van der Waals surface area contributed by atoms with Gasteiger partial charge >= 0.3 is 0 Å². The molecule has 1 amide bonds. The molecule has 3 rings (SSSR count). The minimum absolute atomic E-state index is 0.183. The first-order chi connectivity index (χ1) is 13.3. The molecule has 8 heteroatoms. The Morgan fingerprint density at radius 2 is 1.82 bits per heavy atom. The summed E-state index contributed by atoms with van der Waals surface area (Å²) in [5.74, 6) is 0.950. The van der Waals surface area contributed by atoms with Crippen LogP contribution in [-0.4, -0.2) is 33.4 Å². The van der Waals surface area contributed by atoms with Crippen LogP contribution in [0.2, 0.25) is 0 Å². The number of amides is 1. The number of anilines is 1. The van der Waals surface area contributed by atoms with Crippen LogP contribution in [0.5, 0.6) is 11.5 Å². The predicted octanol–water partition coefficient (Wildman–Crippen LogP) is 2.58. The Morgan fingerprint density at radius 3 is 2.46 bits per heavy atom. The van der Waals surface area contributed by atoms with Gasteiger partial charge in [-0.2, -0.15) is 0 Å². The second kappa shape index (κ2) is 8.10. The van der Waals surface area contributed by atoms with Crippen molar-refractivity contribution >= 4 is 21.6 Å². The summed E-state index contributed by atoms with van der Waals surface area (Å²) in [4.78, 5) is 12.8. The topological polar surface area (TPSA) is 84.9 Å². The third-order valence-corrected chi connectivity index (χ3v) is 5.70. The van der Waals surface area contributed by atoms with Crippen molar-refractivity contribution in [2.24, 2.45) is 0 Å². The average molecular weight is 404 g/mol. The van der Waals surface area contributed by atoms with Crippen molar-refractivity contribution in [3.8, 4) is 11.5 Å². The van der Waals surface area contributed by atoms with E-state index in [0.717, 1.165) is 17.4 Å². The third kappa shape index (κ3) is 4.39. The first-order valence-electron chi connectivity index (χ1n) is 9.02. The number of hydrogen-bond donors (Lipinski definition) is 1. The highest BCUT2D eigenvalue weighted by atomic mass is 32.2. The molecule has 0 bridgehead atoms. The van der Waals surface area contributed by atoms with Crippen LogP contribution in [0.4, 0.5) is 5.69 Å². The molecule has 1 heterocycles. The Bertz CT molecular complexity index is 957. The summed E-state index contributed by atoms with van der Waals surface area (Å²) >= 11 is 0. The van der Waals surface area contributed by atoms with Gasteiger partial charge in [-0.25, -0.2) is 8.42 Å². The number of carbonyl (C=O) groups is 1. The average Bonchev–Trinajstić information content (AvgIpc) is 3.12. The molecule has 0 unspecified atom stereocenters. The summed E-state index contributed by atoms with van der Waals surface area (Å²) in [5.41, 5.74) is 2.32. The standard InChI is InChI=1S/C20H24N2O5S/c1-4-17(22(28(3,24)25)16-8-5-14(2)6-9-16)20(23)21-12-15-7-10-18-19(11-15)27-13-26-18/h5-11,17H,4,12-13H2,1-3H3,(H,21,23)/t17-/m0/s1. The van der Waals surface area contributed by atoms with Gasteiger partial charge in [-0.3, -0.25) is 9.10 Å². The maximum atomic E-state index is 12.8. The summed E-state index contributed by atoms with van der Waals surface area (Å²) in [6, 6.07) is 11.7. The molecule has 0 aliphatic carbocycles. The molecule has 1 N–H and O–H groups in total. The molecular weight excluding hydrogens is 380 g/mol. The lowest BCUT2D eigenvalue weighted by molar-refractivity contribution is -0.122. The van der Waals surface area contributed by atoms with E-state index in [9.17, 15) is 13.2 Å². The van der Waals surface area contributed by atoms with Crippen molar-refractivity contribution in [3.05, 3.63) is 53.6 Å². The Morgan fingerprint density at radius 1 is 1.14 bits per heavy atom.